The number of aliphatic hydroxyl groups is 1. The summed E-state index contributed by atoms with van der Waals surface area (Å²) in [5.41, 5.74) is -2.43. The SMILES string of the molecule is CC1(C)CCC[C@]2(C)[C@@H]1[C@H](OC(=O)/C=C/C(=O)O)C=C1COC(=O)[C@@]12O. The second kappa shape index (κ2) is 5.94. The van der Waals surface area contributed by atoms with E-state index in [1.165, 1.54) is 0 Å². The van der Waals surface area contributed by atoms with Gasteiger partial charge in [0.05, 0.1) is 0 Å². The molecule has 142 valence electrons. The molecular formula is C19H24O7. The highest BCUT2D eigenvalue weighted by molar-refractivity contribution is 5.91. The minimum atomic E-state index is -1.71. The van der Waals surface area contributed by atoms with Crippen LogP contribution >= 0.6 is 0 Å². The fraction of sp³-hybridized carbons (Fsp3) is 0.632. The molecule has 1 aliphatic heterocycles. The minimum Gasteiger partial charge on any atom is -0.478 e. The first-order valence-electron chi connectivity index (χ1n) is 8.75. The number of carboxylic acid groups (broad SMARTS) is 1. The van der Waals surface area contributed by atoms with Gasteiger partial charge in [-0.05, 0) is 24.3 Å². The van der Waals surface area contributed by atoms with E-state index >= 15 is 0 Å². The Labute approximate surface area is 151 Å². The molecule has 26 heavy (non-hydrogen) atoms. The summed E-state index contributed by atoms with van der Waals surface area (Å²) < 4.78 is 10.7. The monoisotopic (exact) mass is 364 g/mol. The van der Waals surface area contributed by atoms with E-state index in [9.17, 15) is 19.5 Å². The molecule has 0 bridgehead atoms. The molecule has 0 radical (unpaired) electrons. The molecule has 2 fully saturated rings. The van der Waals surface area contributed by atoms with Crippen LogP contribution in [0.15, 0.2) is 23.8 Å². The Morgan fingerprint density at radius 3 is 2.62 bits per heavy atom. The molecule has 0 amide bonds. The highest BCUT2D eigenvalue weighted by Gasteiger charge is 2.69. The first kappa shape index (κ1) is 18.6. The molecule has 7 nitrogen and oxygen atoms in total. The molecule has 0 aromatic heterocycles. The first-order valence-corrected chi connectivity index (χ1v) is 8.75. The van der Waals surface area contributed by atoms with Gasteiger partial charge in [0.2, 0.25) is 0 Å². The predicted molar refractivity (Wildman–Crippen MR) is 89.9 cm³/mol. The molecule has 0 aromatic rings. The van der Waals surface area contributed by atoms with Crippen LogP contribution in [-0.2, 0) is 23.9 Å². The maximum absolute atomic E-state index is 12.4. The molecule has 0 unspecified atom stereocenters. The number of cyclic esters (lactones) is 1. The highest BCUT2D eigenvalue weighted by atomic mass is 16.6. The van der Waals surface area contributed by atoms with Crippen LogP contribution in [0.2, 0.25) is 0 Å². The van der Waals surface area contributed by atoms with E-state index in [4.69, 9.17) is 14.6 Å². The van der Waals surface area contributed by atoms with E-state index < -0.39 is 35.0 Å². The van der Waals surface area contributed by atoms with Crippen molar-refractivity contribution in [3.63, 3.8) is 0 Å². The fourth-order valence-electron chi connectivity index (χ4n) is 5.26. The molecule has 2 N–H and O–H groups in total. The van der Waals surface area contributed by atoms with E-state index in [2.05, 4.69) is 0 Å². The van der Waals surface area contributed by atoms with Crippen LogP contribution < -0.4 is 0 Å². The third-order valence-electron chi connectivity index (χ3n) is 6.30. The fourth-order valence-corrected chi connectivity index (χ4v) is 5.26. The summed E-state index contributed by atoms with van der Waals surface area (Å²) in [6, 6.07) is 0. The van der Waals surface area contributed by atoms with E-state index in [-0.39, 0.29) is 17.9 Å². The summed E-state index contributed by atoms with van der Waals surface area (Å²) in [5.74, 6) is -2.97. The number of carbonyl (C=O) groups excluding carboxylic acids is 2. The van der Waals surface area contributed by atoms with Crippen LogP contribution in [0.25, 0.3) is 0 Å². The summed E-state index contributed by atoms with van der Waals surface area (Å²) in [4.78, 5) is 35.1. The predicted octanol–water partition coefficient (Wildman–Crippen LogP) is 1.60. The number of aliphatic carboxylic acids is 1. The van der Waals surface area contributed by atoms with Crippen LogP contribution in [0.4, 0.5) is 0 Å². The number of carbonyl (C=O) groups is 3. The number of esters is 2. The van der Waals surface area contributed by atoms with Crippen molar-refractivity contribution in [1.29, 1.82) is 0 Å². The van der Waals surface area contributed by atoms with Crippen LogP contribution in [0.1, 0.15) is 40.0 Å². The molecule has 3 aliphatic rings. The molecule has 2 aliphatic carbocycles. The van der Waals surface area contributed by atoms with Crippen molar-refractivity contribution < 1.29 is 34.1 Å². The zero-order valence-corrected chi connectivity index (χ0v) is 15.2. The lowest BCUT2D eigenvalue weighted by Gasteiger charge is -2.59. The van der Waals surface area contributed by atoms with Crippen molar-refractivity contribution in [2.75, 3.05) is 6.61 Å². The van der Waals surface area contributed by atoms with Crippen molar-refractivity contribution in [2.45, 2.75) is 51.7 Å². The lowest BCUT2D eigenvalue weighted by molar-refractivity contribution is -0.194. The zero-order chi connectivity index (χ0) is 19.3. The van der Waals surface area contributed by atoms with E-state index in [1.807, 2.05) is 20.8 Å². The van der Waals surface area contributed by atoms with Crippen LogP contribution in [0.3, 0.4) is 0 Å². The lowest BCUT2D eigenvalue weighted by Crippen LogP contribution is -2.65. The Bertz CT molecular complexity index is 719. The van der Waals surface area contributed by atoms with Gasteiger partial charge in [0.25, 0.3) is 0 Å². The quantitative estimate of drug-likeness (QED) is 0.444. The average molecular weight is 364 g/mol. The topological polar surface area (TPSA) is 110 Å². The van der Waals surface area contributed by atoms with Gasteiger partial charge in [0.15, 0.2) is 5.60 Å². The molecule has 4 atom stereocenters. The van der Waals surface area contributed by atoms with Crippen LogP contribution in [-0.4, -0.2) is 46.4 Å². The standard InChI is InChI=1S/C19H24O7/c1-17(2)7-4-8-18(3)15(17)12(26-14(22)6-5-13(20)21)9-11-10-25-16(23)19(11,18)24/h5-6,9,12,15,24H,4,7-8,10H2,1-3H3,(H,20,21)/b6-5+/t12-,15-,18-,19+/m1/s1. The third kappa shape index (κ3) is 2.57. The molecule has 1 saturated heterocycles. The molecule has 1 saturated carbocycles. The molecule has 1 heterocycles. The Morgan fingerprint density at radius 2 is 1.96 bits per heavy atom. The molecule has 7 heteroatoms. The zero-order valence-electron chi connectivity index (χ0n) is 15.2. The first-order chi connectivity index (χ1) is 12.0. The normalized spacial score (nSPS) is 38.2. The summed E-state index contributed by atoms with van der Waals surface area (Å²) in [6.45, 7) is 5.89. The minimum absolute atomic E-state index is 0.0307. The molecule has 3 rings (SSSR count). The van der Waals surface area contributed by atoms with Gasteiger partial charge in [-0.15, -0.1) is 0 Å². The Balaban J connectivity index is 2.04. The summed E-state index contributed by atoms with van der Waals surface area (Å²) in [5, 5.41) is 20.0. The molecular weight excluding hydrogens is 340 g/mol. The van der Waals surface area contributed by atoms with Gasteiger partial charge >= 0.3 is 17.9 Å². The number of fused-ring (bicyclic) bond motifs is 3. The number of rotatable bonds is 3. The number of hydrogen-bond acceptors (Lipinski definition) is 6. The highest BCUT2D eigenvalue weighted by Crippen LogP contribution is 2.63. The largest absolute Gasteiger partial charge is 0.478 e. The van der Waals surface area contributed by atoms with Gasteiger partial charge in [-0.1, -0.05) is 27.2 Å². The molecule has 0 aromatic carbocycles. The number of ether oxygens (including phenoxy) is 2. The van der Waals surface area contributed by atoms with E-state index in [1.54, 1.807) is 6.08 Å². The smallest absolute Gasteiger partial charge is 0.343 e. The van der Waals surface area contributed by atoms with Gasteiger partial charge in [-0.25, -0.2) is 14.4 Å². The van der Waals surface area contributed by atoms with Crippen molar-refractivity contribution in [2.24, 2.45) is 16.7 Å². The molecule has 0 spiro atoms. The maximum atomic E-state index is 12.4. The lowest BCUT2D eigenvalue weighted by atomic mass is 9.46. The Kier molecular flexibility index (Phi) is 4.26. The van der Waals surface area contributed by atoms with Crippen molar-refractivity contribution >= 4 is 17.9 Å². The Morgan fingerprint density at radius 1 is 1.27 bits per heavy atom. The average Bonchev–Trinajstić information content (AvgIpc) is 2.82. The van der Waals surface area contributed by atoms with Gasteiger partial charge < -0.3 is 19.7 Å². The van der Waals surface area contributed by atoms with Crippen molar-refractivity contribution in [1.82, 2.24) is 0 Å². The second-order valence-electron chi connectivity index (χ2n) is 8.29. The summed E-state index contributed by atoms with van der Waals surface area (Å²) in [7, 11) is 0. The summed E-state index contributed by atoms with van der Waals surface area (Å²) in [6.07, 6.45) is 4.82. The van der Waals surface area contributed by atoms with Gasteiger partial charge in [0, 0.05) is 29.1 Å². The van der Waals surface area contributed by atoms with Gasteiger partial charge in [-0.2, -0.15) is 0 Å². The van der Waals surface area contributed by atoms with Crippen LogP contribution in [0.5, 0.6) is 0 Å². The van der Waals surface area contributed by atoms with E-state index in [0.29, 0.717) is 12.0 Å². The second-order valence-corrected chi connectivity index (χ2v) is 8.29. The van der Waals surface area contributed by atoms with Gasteiger partial charge in [-0.3, -0.25) is 0 Å². The van der Waals surface area contributed by atoms with Crippen molar-refractivity contribution in [3.8, 4) is 0 Å². The Hall–Kier alpha value is -2.15. The maximum Gasteiger partial charge on any atom is 0.343 e. The van der Waals surface area contributed by atoms with Gasteiger partial charge in [0.1, 0.15) is 12.7 Å². The third-order valence-corrected chi connectivity index (χ3v) is 6.30. The number of carboxylic acids is 1. The van der Waals surface area contributed by atoms with Crippen LogP contribution in [0, 0.1) is 16.7 Å². The van der Waals surface area contributed by atoms with E-state index in [0.717, 1.165) is 25.0 Å². The summed E-state index contributed by atoms with van der Waals surface area (Å²) >= 11 is 0. The van der Waals surface area contributed by atoms with Crippen molar-refractivity contribution in [3.05, 3.63) is 23.8 Å². The number of hydrogen-bond donors (Lipinski definition) is 2.